The number of aromatic nitrogens is 2. The first-order valence-electron chi connectivity index (χ1n) is 25.2. The van der Waals surface area contributed by atoms with Crippen LogP contribution in [-0.2, 0) is 27.0 Å². The fourth-order valence-electron chi connectivity index (χ4n) is 14.6. The summed E-state index contributed by atoms with van der Waals surface area (Å²) < 4.78 is 8.76. The molecular formula is C53H60ClN7O5. The Hall–Kier alpha value is -4.62. The third-order valence-electron chi connectivity index (χ3n) is 18.4. The standard InChI is InChI=1S/C53H60ClN7O5/c54-41-5-4-6-42-46(41)49(64)56-51-53(19-2-1-3-20-53)39-13-7-33(27-44(39)61(42)51)32-17-23-57(24-18-32)36-28-59(29-36)35-10-8-34(9-11-35)58-25-21-52(22-26-58)31-66-47-38-30-60(43-15-16-45(62)55-48(43)63)50(65)37(38)12-14-40(47)52/h4-7,12-14,27,32,34-36,43H,1-3,8-11,15-26,28-31H2,(H,55,62,63)/t34?,35?,43-/m0/s1. The van der Waals surface area contributed by atoms with Gasteiger partial charge in [-0.15, -0.1) is 0 Å². The van der Waals surface area contributed by atoms with Crippen LogP contribution >= 0.6 is 11.6 Å². The molecule has 7 aliphatic heterocycles. The fraction of sp³-hybridized carbons (Fsp3) is 0.566. The van der Waals surface area contributed by atoms with Crippen molar-refractivity contribution in [3.63, 3.8) is 0 Å². The normalized spacial score (nSPS) is 27.7. The smallest absolute Gasteiger partial charge is 0.282 e. The van der Waals surface area contributed by atoms with Gasteiger partial charge in [-0.1, -0.05) is 55.1 Å². The number of carbonyl (C=O) groups is 3. The molecule has 2 spiro atoms. The molecule has 3 aromatic carbocycles. The third kappa shape index (κ3) is 6.36. The Bertz CT molecular complexity index is 2740. The average Bonchev–Trinajstić information content (AvgIpc) is 3.94. The van der Waals surface area contributed by atoms with E-state index in [4.69, 9.17) is 21.3 Å². The number of ether oxygens (including phenoxy) is 1. The number of rotatable bonds is 5. The van der Waals surface area contributed by atoms with Crippen molar-refractivity contribution < 1.29 is 19.1 Å². The van der Waals surface area contributed by atoms with E-state index in [0.717, 1.165) is 87.4 Å². The molecule has 1 aromatic heterocycles. The van der Waals surface area contributed by atoms with Gasteiger partial charge in [0, 0.05) is 59.7 Å². The Morgan fingerprint density at radius 1 is 0.742 bits per heavy atom. The van der Waals surface area contributed by atoms with Crippen molar-refractivity contribution in [2.24, 2.45) is 0 Å². The molecule has 1 atom stereocenters. The van der Waals surface area contributed by atoms with Gasteiger partial charge in [0.1, 0.15) is 17.6 Å². The lowest BCUT2D eigenvalue weighted by Gasteiger charge is -2.52. The van der Waals surface area contributed by atoms with Gasteiger partial charge in [-0.3, -0.25) is 38.9 Å². The second-order valence-corrected chi connectivity index (χ2v) is 21.9. The topological polar surface area (TPSA) is 120 Å². The van der Waals surface area contributed by atoms with E-state index in [-0.39, 0.29) is 40.5 Å². The van der Waals surface area contributed by atoms with Crippen molar-refractivity contribution in [2.45, 2.75) is 144 Å². The van der Waals surface area contributed by atoms with Crippen LogP contribution in [0.1, 0.15) is 141 Å². The summed E-state index contributed by atoms with van der Waals surface area (Å²) in [4.78, 5) is 66.1. The number of nitrogens with zero attached hydrogens (tertiary/aromatic N) is 6. The number of nitrogens with one attached hydrogen (secondary N) is 1. The maximum atomic E-state index is 13.5. The summed E-state index contributed by atoms with van der Waals surface area (Å²) in [6.07, 6.45) is 15.8. The molecule has 4 aromatic rings. The predicted molar refractivity (Wildman–Crippen MR) is 252 cm³/mol. The predicted octanol–water partition coefficient (Wildman–Crippen LogP) is 6.96. The Labute approximate surface area is 391 Å². The van der Waals surface area contributed by atoms with Crippen molar-refractivity contribution in [3.8, 4) is 11.4 Å². The first kappa shape index (κ1) is 41.6. The minimum absolute atomic E-state index is 0.0271. The number of benzene rings is 3. The Kier molecular flexibility index (Phi) is 9.90. The molecule has 0 radical (unpaired) electrons. The van der Waals surface area contributed by atoms with E-state index in [1.54, 1.807) is 11.0 Å². The quantitative estimate of drug-likeness (QED) is 0.212. The number of carbonyl (C=O) groups excluding carboxylic acids is 3. The van der Waals surface area contributed by atoms with Crippen molar-refractivity contribution >= 4 is 40.2 Å². The van der Waals surface area contributed by atoms with Crippen LogP contribution in [-0.4, -0.2) is 117 Å². The number of imide groups is 1. The number of amides is 3. The van der Waals surface area contributed by atoms with Gasteiger partial charge in [0.2, 0.25) is 11.8 Å². The van der Waals surface area contributed by atoms with Crippen LogP contribution in [0.15, 0.2) is 53.3 Å². The summed E-state index contributed by atoms with van der Waals surface area (Å²) in [6, 6.07) is 18.5. The molecule has 66 heavy (non-hydrogen) atoms. The monoisotopic (exact) mass is 909 g/mol. The van der Waals surface area contributed by atoms with Crippen molar-refractivity contribution in [3.05, 3.63) is 97.5 Å². The first-order valence-corrected chi connectivity index (χ1v) is 25.6. The molecule has 8 heterocycles. The van der Waals surface area contributed by atoms with Crippen LogP contribution in [0.5, 0.6) is 5.75 Å². The zero-order valence-electron chi connectivity index (χ0n) is 37.9. The van der Waals surface area contributed by atoms with Gasteiger partial charge in [0.05, 0.1) is 40.2 Å². The highest BCUT2D eigenvalue weighted by molar-refractivity contribution is 6.35. The fourth-order valence-corrected chi connectivity index (χ4v) is 14.8. The maximum Gasteiger partial charge on any atom is 0.282 e. The van der Waals surface area contributed by atoms with Crippen LogP contribution < -0.4 is 15.6 Å². The van der Waals surface area contributed by atoms with E-state index in [1.165, 1.54) is 80.4 Å². The lowest BCUT2D eigenvalue weighted by molar-refractivity contribution is -0.136. The van der Waals surface area contributed by atoms with Crippen LogP contribution in [0.4, 0.5) is 0 Å². The van der Waals surface area contributed by atoms with Crippen LogP contribution in [0.3, 0.4) is 0 Å². The summed E-state index contributed by atoms with van der Waals surface area (Å²) in [7, 11) is 0. The van der Waals surface area contributed by atoms with Gasteiger partial charge in [-0.25, -0.2) is 0 Å². The minimum Gasteiger partial charge on any atom is -0.492 e. The van der Waals surface area contributed by atoms with E-state index in [0.29, 0.717) is 59.6 Å². The molecule has 9 aliphatic rings. The average molecular weight is 911 g/mol. The van der Waals surface area contributed by atoms with Gasteiger partial charge in [-0.05, 0) is 138 Å². The summed E-state index contributed by atoms with van der Waals surface area (Å²) >= 11 is 6.65. The third-order valence-corrected chi connectivity index (χ3v) is 18.7. The molecule has 1 N–H and O–H groups in total. The van der Waals surface area contributed by atoms with E-state index in [9.17, 15) is 19.2 Å². The van der Waals surface area contributed by atoms with Crippen molar-refractivity contribution in [1.82, 2.24) is 34.5 Å². The molecule has 4 saturated heterocycles. The lowest BCUT2D eigenvalue weighted by atomic mass is 9.69. The van der Waals surface area contributed by atoms with E-state index in [2.05, 4.69) is 48.8 Å². The second-order valence-electron chi connectivity index (χ2n) is 21.5. The van der Waals surface area contributed by atoms with Crippen LogP contribution in [0.2, 0.25) is 5.02 Å². The number of piperidine rings is 3. The lowest BCUT2D eigenvalue weighted by Crippen LogP contribution is -2.63. The van der Waals surface area contributed by atoms with Crippen molar-refractivity contribution in [2.75, 3.05) is 45.9 Å². The van der Waals surface area contributed by atoms with Crippen LogP contribution in [0.25, 0.3) is 16.6 Å². The molecule has 344 valence electrons. The summed E-state index contributed by atoms with van der Waals surface area (Å²) in [5.74, 6) is 1.52. The van der Waals surface area contributed by atoms with Crippen molar-refractivity contribution in [1.29, 1.82) is 0 Å². The Morgan fingerprint density at radius 3 is 2.23 bits per heavy atom. The van der Waals surface area contributed by atoms with E-state index >= 15 is 0 Å². The SMILES string of the molecule is O=C1CC[C@H](N2Cc3c(ccc4c3OCC43CCN(C4CCC(N5CC(N6CCC(c7ccc8c(c7)-n7c(nc(=O)c9c(Cl)cccc97)C87CCCCC7)CC6)C5)CC4)CC3)C2=O)C(=O)N1. The molecular weight excluding hydrogens is 850 g/mol. The zero-order valence-corrected chi connectivity index (χ0v) is 38.6. The number of halogens is 1. The molecule has 2 aliphatic carbocycles. The van der Waals surface area contributed by atoms with Gasteiger partial charge in [-0.2, -0.15) is 4.98 Å². The highest BCUT2D eigenvalue weighted by atomic mass is 35.5. The maximum absolute atomic E-state index is 13.5. The molecule has 0 unspecified atom stereocenters. The molecule has 6 fully saturated rings. The van der Waals surface area contributed by atoms with Gasteiger partial charge < -0.3 is 14.5 Å². The molecule has 13 rings (SSSR count). The van der Waals surface area contributed by atoms with Crippen LogP contribution in [0, 0.1) is 0 Å². The van der Waals surface area contributed by atoms with Gasteiger partial charge in [0.15, 0.2) is 0 Å². The largest absolute Gasteiger partial charge is 0.492 e. The summed E-state index contributed by atoms with van der Waals surface area (Å²) in [5, 5.41) is 3.42. The van der Waals surface area contributed by atoms with Gasteiger partial charge >= 0.3 is 0 Å². The molecule has 2 saturated carbocycles. The molecule has 12 nitrogen and oxygen atoms in total. The highest BCUT2D eigenvalue weighted by Gasteiger charge is 2.50. The Balaban J connectivity index is 0.603. The number of likely N-dealkylation sites (tertiary alicyclic amines) is 3. The summed E-state index contributed by atoms with van der Waals surface area (Å²) in [6.45, 7) is 7.84. The number of hydrogen-bond donors (Lipinski definition) is 1. The van der Waals surface area contributed by atoms with E-state index < -0.39 is 6.04 Å². The van der Waals surface area contributed by atoms with E-state index in [1.807, 2.05) is 18.2 Å². The number of fused-ring (bicyclic) bond motifs is 11. The first-order chi connectivity index (χ1) is 32.2. The molecule has 3 amide bonds. The number of hydrogen-bond acceptors (Lipinski definition) is 9. The Morgan fingerprint density at radius 2 is 1.47 bits per heavy atom. The summed E-state index contributed by atoms with van der Waals surface area (Å²) in [5.41, 5.74) is 7.20. The highest BCUT2D eigenvalue weighted by Crippen LogP contribution is 2.53. The van der Waals surface area contributed by atoms with Gasteiger partial charge in [0.25, 0.3) is 11.5 Å². The molecule has 0 bridgehead atoms. The zero-order chi connectivity index (χ0) is 44.5. The second kappa shape index (κ2) is 15.7. The minimum atomic E-state index is -0.618. The molecule has 13 heteroatoms.